The van der Waals surface area contributed by atoms with Crippen molar-refractivity contribution in [2.45, 2.75) is 0 Å². The highest BCUT2D eigenvalue weighted by atomic mass is 79.9. The lowest BCUT2D eigenvalue weighted by atomic mass is 10.1. The maximum atomic E-state index is 12.9. The summed E-state index contributed by atoms with van der Waals surface area (Å²) in [6, 6.07) is 13.6. The van der Waals surface area contributed by atoms with Crippen LogP contribution in [0.25, 0.3) is 0 Å². The fraction of sp³-hybridized carbons (Fsp3) is 0.188. The van der Waals surface area contributed by atoms with E-state index < -0.39 is 0 Å². The number of rotatable bonds is 1. The summed E-state index contributed by atoms with van der Waals surface area (Å²) in [5.41, 5.74) is 2.73. The molecule has 21 heavy (non-hydrogen) atoms. The number of para-hydroxylation sites is 2. The molecule has 0 atom stereocenters. The van der Waals surface area contributed by atoms with Crippen LogP contribution in [0, 0.1) is 0 Å². The molecular formula is C16H14Br2N2O. The monoisotopic (exact) mass is 408 g/mol. The molecule has 1 aliphatic rings. The third-order valence-corrected chi connectivity index (χ3v) is 4.80. The molecule has 2 aromatic rings. The minimum absolute atomic E-state index is 0.0231. The molecule has 0 aliphatic carbocycles. The van der Waals surface area contributed by atoms with Crippen molar-refractivity contribution in [1.82, 2.24) is 0 Å². The molecule has 108 valence electrons. The van der Waals surface area contributed by atoms with Gasteiger partial charge in [-0.1, -0.05) is 28.1 Å². The van der Waals surface area contributed by atoms with Crippen LogP contribution in [0.1, 0.15) is 10.4 Å². The van der Waals surface area contributed by atoms with Gasteiger partial charge in [0.25, 0.3) is 5.91 Å². The first kappa shape index (κ1) is 14.6. The van der Waals surface area contributed by atoms with Gasteiger partial charge in [0.05, 0.1) is 16.9 Å². The van der Waals surface area contributed by atoms with Crippen molar-refractivity contribution in [3.05, 3.63) is 57.0 Å². The third kappa shape index (κ3) is 2.72. The summed E-state index contributed by atoms with van der Waals surface area (Å²) in [6.45, 7) is 1.52. The second kappa shape index (κ2) is 5.81. The number of carbonyl (C=O) groups is 1. The molecule has 0 bridgehead atoms. The molecule has 0 N–H and O–H groups in total. The molecule has 3 rings (SSSR count). The molecule has 2 aromatic carbocycles. The average Bonchev–Trinajstić information content (AvgIpc) is 2.47. The Balaban J connectivity index is 2.01. The Labute approximate surface area is 140 Å². The quantitative estimate of drug-likeness (QED) is 0.700. The van der Waals surface area contributed by atoms with Gasteiger partial charge >= 0.3 is 0 Å². The van der Waals surface area contributed by atoms with E-state index in [9.17, 15) is 4.79 Å². The topological polar surface area (TPSA) is 23.6 Å². The highest BCUT2D eigenvalue weighted by molar-refractivity contribution is 9.11. The Kier molecular flexibility index (Phi) is 4.04. The van der Waals surface area contributed by atoms with Gasteiger partial charge in [-0.3, -0.25) is 4.79 Å². The van der Waals surface area contributed by atoms with Gasteiger partial charge in [0.15, 0.2) is 0 Å². The Hall–Kier alpha value is -1.33. The van der Waals surface area contributed by atoms with Gasteiger partial charge in [0.2, 0.25) is 0 Å². The summed E-state index contributed by atoms with van der Waals surface area (Å²) in [6.07, 6.45) is 0. The van der Waals surface area contributed by atoms with Gasteiger partial charge < -0.3 is 9.80 Å². The van der Waals surface area contributed by atoms with E-state index in [-0.39, 0.29) is 5.91 Å². The van der Waals surface area contributed by atoms with E-state index in [1.165, 1.54) is 0 Å². The maximum absolute atomic E-state index is 12.9. The summed E-state index contributed by atoms with van der Waals surface area (Å²) in [7, 11) is 2.05. The summed E-state index contributed by atoms with van der Waals surface area (Å²) in [4.78, 5) is 16.9. The molecule has 0 unspecified atom stereocenters. The zero-order valence-corrected chi connectivity index (χ0v) is 14.7. The van der Waals surface area contributed by atoms with Crippen molar-refractivity contribution in [2.24, 2.45) is 0 Å². The minimum atomic E-state index is 0.0231. The van der Waals surface area contributed by atoms with E-state index in [1.807, 2.05) is 47.4 Å². The van der Waals surface area contributed by atoms with E-state index in [0.29, 0.717) is 12.1 Å². The summed E-state index contributed by atoms with van der Waals surface area (Å²) in [5.74, 6) is 0.0231. The number of hydrogen-bond acceptors (Lipinski definition) is 2. The summed E-state index contributed by atoms with van der Waals surface area (Å²) < 4.78 is 1.75. The van der Waals surface area contributed by atoms with Crippen LogP contribution in [-0.4, -0.2) is 26.0 Å². The molecule has 0 saturated heterocycles. The zero-order valence-electron chi connectivity index (χ0n) is 11.5. The largest absolute Gasteiger partial charge is 0.371 e. The lowest BCUT2D eigenvalue weighted by Crippen LogP contribution is -2.42. The molecule has 3 nitrogen and oxygen atoms in total. The van der Waals surface area contributed by atoms with Crippen molar-refractivity contribution in [2.75, 3.05) is 29.9 Å². The van der Waals surface area contributed by atoms with E-state index in [2.05, 4.69) is 43.8 Å². The Bertz CT molecular complexity index is 702. The van der Waals surface area contributed by atoms with Crippen LogP contribution in [0.3, 0.4) is 0 Å². The fourth-order valence-electron chi connectivity index (χ4n) is 2.53. The molecule has 1 amide bonds. The van der Waals surface area contributed by atoms with Crippen LogP contribution in [0.5, 0.6) is 0 Å². The molecule has 1 aliphatic heterocycles. The molecule has 0 saturated carbocycles. The van der Waals surface area contributed by atoms with Crippen molar-refractivity contribution in [1.29, 1.82) is 0 Å². The highest BCUT2D eigenvalue weighted by Gasteiger charge is 2.26. The van der Waals surface area contributed by atoms with Crippen LogP contribution in [-0.2, 0) is 0 Å². The number of amides is 1. The van der Waals surface area contributed by atoms with E-state index in [1.54, 1.807) is 0 Å². The number of nitrogens with zero attached hydrogens (tertiary/aromatic N) is 2. The minimum Gasteiger partial charge on any atom is -0.371 e. The standard InChI is InChI=1S/C16H14Br2N2O/c1-19-8-9-20(15-5-3-2-4-14(15)19)16(21)12-7-6-11(17)10-13(12)18/h2-7,10H,8-9H2,1H3. The van der Waals surface area contributed by atoms with Gasteiger partial charge in [-0.25, -0.2) is 0 Å². The van der Waals surface area contributed by atoms with Crippen molar-refractivity contribution in [3.63, 3.8) is 0 Å². The predicted molar refractivity (Wildman–Crippen MR) is 93.2 cm³/mol. The molecule has 0 aromatic heterocycles. The first-order valence-electron chi connectivity index (χ1n) is 6.65. The molecule has 0 fully saturated rings. The van der Waals surface area contributed by atoms with Gasteiger partial charge in [0, 0.05) is 29.1 Å². The van der Waals surface area contributed by atoms with Crippen molar-refractivity contribution >= 4 is 49.1 Å². The summed E-state index contributed by atoms with van der Waals surface area (Å²) >= 11 is 6.89. The Morgan fingerprint density at radius 3 is 2.48 bits per heavy atom. The number of hydrogen-bond donors (Lipinski definition) is 0. The second-order valence-corrected chi connectivity index (χ2v) is 6.76. The molecule has 0 radical (unpaired) electrons. The lowest BCUT2D eigenvalue weighted by molar-refractivity contribution is 0.0986. The summed E-state index contributed by atoms with van der Waals surface area (Å²) in [5, 5.41) is 0. The normalized spacial score (nSPS) is 14.0. The first-order chi connectivity index (χ1) is 10.1. The number of benzene rings is 2. The number of likely N-dealkylation sites (N-methyl/N-ethyl adjacent to an activating group) is 1. The SMILES string of the molecule is CN1CCN(C(=O)c2ccc(Br)cc2Br)c2ccccc21. The number of fused-ring (bicyclic) bond motifs is 1. The fourth-order valence-corrected chi connectivity index (χ4v) is 3.74. The van der Waals surface area contributed by atoms with Crippen LogP contribution in [0.15, 0.2) is 51.4 Å². The second-order valence-electron chi connectivity index (χ2n) is 4.99. The molecular weight excluding hydrogens is 396 g/mol. The van der Waals surface area contributed by atoms with Crippen molar-refractivity contribution in [3.8, 4) is 0 Å². The van der Waals surface area contributed by atoms with E-state index in [4.69, 9.17) is 0 Å². The van der Waals surface area contributed by atoms with E-state index in [0.717, 1.165) is 26.9 Å². The third-order valence-electron chi connectivity index (χ3n) is 3.65. The Morgan fingerprint density at radius 2 is 1.76 bits per heavy atom. The zero-order chi connectivity index (χ0) is 15.0. The van der Waals surface area contributed by atoms with Crippen LogP contribution in [0.2, 0.25) is 0 Å². The van der Waals surface area contributed by atoms with Gasteiger partial charge in [-0.15, -0.1) is 0 Å². The predicted octanol–water partition coefficient (Wildman–Crippen LogP) is 4.31. The Morgan fingerprint density at radius 1 is 1.05 bits per heavy atom. The van der Waals surface area contributed by atoms with Gasteiger partial charge in [0.1, 0.15) is 0 Å². The van der Waals surface area contributed by atoms with Gasteiger partial charge in [-0.2, -0.15) is 0 Å². The first-order valence-corrected chi connectivity index (χ1v) is 8.23. The van der Waals surface area contributed by atoms with Crippen LogP contribution >= 0.6 is 31.9 Å². The highest BCUT2D eigenvalue weighted by Crippen LogP contribution is 2.34. The maximum Gasteiger partial charge on any atom is 0.259 e. The van der Waals surface area contributed by atoms with Crippen LogP contribution in [0.4, 0.5) is 11.4 Å². The smallest absolute Gasteiger partial charge is 0.259 e. The number of carbonyl (C=O) groups excluding carboxylic acids is 1. The number of halogens is 2. The van der Waals surface area contributed by atoms with Crippen molar-refractivity contribution < 1.29 is 4.79 Å². The van der Waals surface area contributed by atoms with Gasteiger partial charge in [-0.05, 0) is 46.3 Å². The average molecular weight is 410 g/mol. The van der Waals surface area contributed by atoms with Crippen LogP contribution < -0.4 is 9.80 Å². The molecule has 0 spiro atoms. The number of anilines is 2. The van der Waals surface area contributed by atoms with E-state index >= 15 is 0 Å². The molecule has 5 heteroatoms. The lowest BCUT2D eigenvalue weighted by Gasteiger charge is -2.35. The molecule has 1 heterocycles.